The minimum atomic E-state index is -2.89. The van der Waals surface area contributed by atoms with E-state index in [1.54, 1.807) is 11.8 Å². The van der Waals surface area contributed by atoms with E-state index in [4.69, 9.17) is 11.6 Å². The van der Waals surface area contributed by atoms with E-state index in [2.05, 4.69) is 15.0 Å². The van der Waals surface area contributed by atoms with Gasteiger partial charge in [-0.1, -0.05) is 11.6 Å². The maximum absolute atomic E-state index is 11.6. The SMILES string of the molecule is CSc1nc(C)nc2nc(Cl)c(C3CCS(=O)(=O)CC3)cc12. The summed E-state index contributed by atoms with van der Waals surface area (Å²) in [5.41, 5.74) is 1.50. The summed E-state index contributed by atoms with van der Waals surface area (Å²) in [6.07, 6.45) is 3.15. The van der Waals surface area contributed by atoms with Crippen molar-refractivity contribution in [2.75, 3.05) is 17.8 Å². The number of halogens is 1. The van der Waals surface area contributed by atoms with Gasteiger partial charge >= 0.3 is 0 Å². The molecule has 1 aliphatic heterocycles. The molecule has 22 heavy (non-hydrogen) atoms. The molecule has 118 valence electrons. The second-order valence-electron chi connectivity index (χ2n) is 5.45. The molecule has 0 aromatic carbocycles. The highest BCUT2D eigenvalue weighted by molar-refractivity contribution is 7.98. The molecule has 0 spiro atoms. The third kappa shape index (κ3) is 3.07. The predicted molar refractivity (Wildman–Crippen MR) is 89.5 cm³/mol. The first-order chi connectivity index (χ1) is 10.4. The van der Waals surface area contributed by atoms with E-state index in [1.165, 1.54) is 0 Å². The quantitative estimate of drug-likeness (QED) is 0.467. The molecular weight excluding hydrogens is 342 g/mol. The maximum Gasteiger partial charge on any atom is 0.165 e. The van der Waals surface area contributed by atoms with Crippen molar-refractivity contribution in [3.63, 3.8) is 0 Å². The molecular formula is C14H16ClN3O2S2. The number of sulfone groups is 1. The summed E-state index contributed by atoms with van der Waals surface area (Å²) in [6, 6.07) is 1.98. The van der Waals surface area contributed by atoms with Crippen LogP contribution in [0.15, 0.2) is 11.1 Å². The number of nitrogens with zero attached hydrogens (tertiary/aromatic N) is 3. The lowest BCUT2D eigenvalue weighted by molar-refractivity contribution is 0.550. The lowest BCUT2D eigenvalue weighted by Gasteiger charge is -2.23. The summed E-state index contributed by atoms with van der Waals surface area (Å²) in [5.74, 6) is 1.22. The molecule has 5 nitrogen and oxygen atoms in total. The number of fused-ring (bicyclic) bond motifs is 1. The van der Waals surface area contributed by atoms with Gasteiger partial charge in [-0.3, -0.25) is 0 Å². The van der Waals surface area contributed by atoms with Gasteiger partial charge in [0.1, 0.15) is 25.8 Å². The van der Waals surface area contributed by atoms with Crippen molar-refractivity contribution in [1.82, 2.24) is 15.0 Å². The average Bonchev–Trinajstić information content (AvgIpc) is 2.46. The number of hydrogen-bond acceptors (Lipinski definition) is 6. The molecule has 1 fully saturated rings. The van der Waals surface area contributed by atoms with Crippen LogP contribution in [0.5, 0.6) is 0 Å². The topological polar surface area (TPSA) is 72.8 Å². The molecule has 0 aliphatic carbocycles. The van der Waals surface area contributed by atoms with E-state index in [0.717, 1.165) is 16.0 Å². The van der Waals surface area contributed by atoms with Gasteiger partial charge in [-0.2, -0.15) is 0 Å². The molecule has 3 rings (SSSR count). The number of pyridine rings is 1. The minimum absolute atomic E-state index is 0.129. The van der Waals surface area contributed by atoms with Crippen LogP contribution in [-0.4, -0.2) is 41.1 Å². The first-order valence-electron chi connectivity index (χ1n) is 6.99. The van der Waals surface area contributed by atoms with Crippen LogP contribution in [0.1, 0.15) is 30.1 Å². The van der Waals surface area contributed by atoms with Crippen LogP contribution in [0.2, 0.25) is 5.15 Å². The van der Waals surface area contributed by atoms with E-state index < -0.39 is 9.84 Å². The van der Waals surface area contributed by atoms with Crippen molar-refractivity contribution < 1.29 is 8.42 Å². The molecule has 8 heteroatoms. The average molecular weight is 358 g/mol. The molecule has 0 amide bonds. The van der Waals surface area contributed by atoms with Crippen LogP contribution >= 0.6 is 23.4 Å². The molecule has 2 aromatic rings. The third-order valence-electron chi connectivity index (χ3n) is 3.93. The van der Waals surface area contributed by atoms with E-state index in [0.29, 0.717) is 29.5 Å². The molecule has 0 unspecified atom stereocenters. The Morgan fingerprint density at radius 1 is 1.23 bits per heavy atom. The summed E-state index contributed by atoms with van der Waals surface area (Å²) < 4.78 is 23.2. The smallest absolute Gasteiger partial charge is 0.165 e. The molecule has 2 aromatic heterocycles. The lowest BCUT2D eigenvalue weighted by Crippen LogP contribution is -2.22. The van der Waals surface area contributed by atoms with Gasteiger partial charge in [0.2, 0.25) is 0 Å². The number of rotatable bonds is 2. The van der Waals surface area contributed by atoms with Crippen molar-refractivity contribution in [3.8, 4) is 0 Å². The maximum atomic E-state index is 11.6. The molecule has 0 saturated carbocycles. The highest BCUT2D eigenvalue weighted by Crippen LogP contribution is 2.35. The lowest BCUT2D eigenvalue weighted by atomic mass is 9.94. The van der Waals surface area contributed by atoms with Crippen molar-refractivity contribution in [3.05, 3.63) is 22.6 Å². The van der Waals surface area contributed by atoms with E-state index in [-0.39, 0.29) is 17.4 Å². The van der Waals surface area contributed by atoms with Crippen LogP contribution < -0.4 is 0 Å². The Morgan fingerprint density at radius 2 is 1.91 bits per heavy atom. The Labute approximate surface area is 138 Å². The van der Waals surface area contributed by atoms with Crippen LogP contribution in [0.3, 0.4) is 0 Å². The van der Waals surface area contributed by atoms with Gasteiger partial charge in [0.05, 0.1) is 16.9 Å². The number of aryl methyl sites for hydroxylation is 1. The Balaban J connectivity index is 2.07. The fourth-order valence-corrected chi connectivity index (χ4v) is 5.14. The number of aromatic nitrogens is 3. The molecule has 1 aliphatic rings. The number of thioether (sulfide) groups is 1. The van der Waals surface area contributed by atoms with Gasteiger partial charge in [0.25, 0.3) is 0 Å². The fourth-order valence-electron chi connectivity index (χ4n) is 2.77. The molecule has 0 radical (unpaired) electrons. The van der Waals surface area contributed by atoms with E-state index in [9.17, 15) is 8.42 Å². The van der Waals surface area contributed by atoms with Crippen molar-refractivity contribution in [2.45, 2.75) is 30.7 Å². The van der Waals surface area contributed by atoms with Crippen molar-refractivity contribution in [1.29, 1.82) is 0 Å². The second-order valence-corrected chi connectivity index (χ2v) is 8.90. The first-order valence-corrected chi connectivity index (χ1v) is 10.4. The third-order valence-corrected chi connectivity index (χ3v) is 6.65. The standard InChI is InChI=1S/C14H16ClN3O2S2/c1-8-16-13-11(14(17-8)21-2)7-10(12(15)18-13)9-3-5-22(19,20)6-4-9/h7,9H,3-6H2,1-2H3. The van der Waals surface area contributed by atoms with Gasteiger partial charge in [0, 0.05) is 0 Å². The summed E-state index contributed by atoms with van der Waals surface area (Å²) >= 11 is 7.87. The minimum Gasteiger partial charge on any atom is -0.229 e. The molecule has 0 bridgehead atoms. The molecule has 0 atom stereocenters. The normalized spacial score (nSPS) is 18.7. The van der Waals surface area contributed by atoms with E-state index in [1.807, 2.05) is 19.2 Å². The van der Waals surface area contributed by atoms with Crippen LogP contribution in [-0.2, 0) is 9.84 Å². The molecule has 0 N–H and O–H groups in total. The fraction of sp³-hybridized carbons (Fsp3) is 0.500. The Hall–Kier alpha value is -0.920. The summed E-state index contributed by atoms with van der Waals surface area (Å²) in [4.78, 5) is 13.2. The van der Waals surface area contributed by atoms with Crippen LogP contribution in [0.4, 0.5) is 0 Å². The van der Waals surface area contributed by atoms with Gasteiger partial charge in [-0.05, 0) is 43.6 Å². The van der Waals surface area contributed by atoms with Crippen LogP contribution in [0.25, 0.3) is 11.0 Å². The Bertz CT molecular complexity index is 826. The van der Waals surface area contributed by atoms with Gasteiger partial charge < -0.3 is 0 Å². The zero-order valence-electron chi connectivity index (χ0n) is 12.3. The number of hydrogen-bond donors (Lipinski definition) is 0. The van der Waals surface area contributed by atoms with Crippen molar-refractivity contribution in [2.24, 2.45) is 0 Å². The van der Waals surface area contributed by atoms with Crippen LogP contribution in [0, 0.1) is 6.92 Å². The summed E-state index contributed by atoms with van der Waals surface area (Å²) in [5, 5.41) is 2.17. The molecule has 3 heterocycles. The monoisotopic (exact) mass is 357 g/mol. The Morgan fingerprint density at radius 3 is 2.55 bits per heavy atom. The zero-order chi connectivity index (χ0) is 15.9. The summed E-state index contributed by atoms with van der Waals surface area (Å²) in [7, 11) is -2.89. The highest BCUT2D eigenvalue weighted by atomic mass is 35.5. The second kappa shape index (κ2) is 5.94. The molecule has 1 saturated heterocycles. The first kappa shape index (κ1) is 16.0. The largest absolute Gasteiger partial charge is 0.229 e. The van der Waals surface area contributed by atoms with Crippen molar-refractivity contribution >= 4 is 44.2 Å². The zero-order valence-corrected chi connectivity index (χ0v) is 14.7. The van der Waals surface area contributed by atoms with E-state index >= 15 is 0 Å². The predicted octanol–water partition coefficient (Wildman–Crippen LogP) is 3.00. The van der Waals surface area contributed by atoms with Gasteiger partial charge in [-0.25, -0.2) is 23.4 Å². The summed E-state index contributed by atoms with van der Waals surface area (Å²) in [6.45, 7) is 1.83. The Kier molecular flexibility index (Phi) is 4.31. The van der Waals surface area contributed by atoms with Gasteiger partial charge in [-0.15, -0.1) is 11.8 Å². The highest BCUT2D eigenvalue weighted by Gasteiger charge is 2.27. The van der Waals surface area contributed by atoms with Gasteiger partial charge in [0.15, 0.2) is 5.65 Å².